The molecule has 1 heterocycles. The Bertz CT molecular complexity index is 1500. The zero-order chi connectivity index (χ0) is 29.6. The number of nitrogens with one attached hydrogen (secondary N) is 1. The van der Waals surface area contributed by atoms with E-state index >= 15 is 0 Å². The van der Waals surface area contributed by atoms with Crippen molar-refractivity contribution in [3.63, 3.8) is 0 Å². The Hall–Kier alpha value is -4.65. The minimum absolute atomic E-state index is 0.0503. The van der Waals surface area contributed by atoms with Gasteiger partial charge in [0.25, 0.3) is 5.91 Å². The first-order valence-electron chi connectivity index (χ1n) is 11.9. The van der Waals surface area contributed by atoms with E-state index in [-0.39, 0.29) is 22.3 Å². The van der Waals surface area contributed by atoms with E-state index in [1.165, 1.54) is 50.5 Å². The fourth-order valence-corrected chi connectivity index (χ4v) is 4.65. The summed E-state index contributed by atoms with van der Waals surface area (Å²) in [5.74, 6) is -0.709. The molecule has 214 valence electrons. The van der Waals surface area contributed by atoms with Crippen LogP contribution in [0.1, 0.15) is 5.56 Å². The first-order chi connectivity index (χ1) is 19.6. The Labute approximate surface area is 237 Å². The van der Waals surface area contributed by atoms with Crippen LogP contribution < -0.4 is 29.2 Å². The topological polar surface area (TPSA) is 98.7 Å². The van der Waals surface area contributed by atoms with Gasteiger partial charge in [0, 0.05) is 11.6 Å². The standard InChI is InChI=1S/C28H24F3N3O6S/c1-37-19-13-17(25(39-3)23(15-19)38-2)14-21-26(36)34(18-9-5-4-6-10-18)27(33-21)41-16-24(35)32-20-11-7-8-12-22(20)40-28(29,30)31/h4-15H,16H2,1-3H3,(H,32,35). The number of rotatable bonds is 9. The second kappa shape index (κ2) is 12.7. The molecule has 9 nitrogen and oxygen atoms in total. The van der Waals surface area contributed by atoms with Crippen LogP contribution in [0.25, 0.3) is 6.08 Å². The van der Waals surface area contributed by atoms with Gasteiger partial charge in [0.1, 0.15) is 11.4 Å². The summed E-state index contributed by atoms with van der Waals surface area (Å²) < 4.78 is 58.5. The molecule has 3 aromatic rings. The minimum atomic E-state index is -4.93. The highest BCUT2D eigenvalue weighted by Crippen LogP contribution is 2.38. The number of carbonyl (C=O) groups excluding carboxylic acids is 2. The maximum Gasteiger partial charge on any atom is 0.573 e. The lowest BCUT2D eigenvalue weighted by Gasteiger charge is -2.18. The summed E-state index contributed by atoms with van der Waals surface area (Å²) in [6, 6.07) is 17.2. The molecule has 0 aromatic heterocycles. The highest BCUT2D eigenvalue weighted by Gasteiger charge is 2.34. The number of methoxy groups -OCH3 is 3. The number of aliphatic imine (C=N–C) groups is 1. The number of thioether (sulfide) groups is 1. The quantitative estimate of drug-likeness (QED) is 0.320. The van der Waals surface area contributed by atoms with E-state index in [1.54, 1.807) is 42.5 Å². The predicted octanol–water partition coefficient (Wildman–Crippen LogP) is 5.73. The summed E-state index contributed by atoms with van der Waals surface area (Å²) in [6.45, 7) is 0. The number of hydrogen-bond acceptors (Lipinski definition) is 8. The maximum atomic E-state index is 13.5. The third-order valence-electron chi connectivity index (χ3n) is 5.57. The smallest absolute Gasteiger partial charge is 0.497 e. The highest BCUT2D eigenvalue weighted by atomic mass is 32.2. The van der Waals surface area contributed by atoms with Crippen LogP contribution in [-0.2, 0) is 9.59 Å². The van der Waals surface area contributed by atoms with E-state index in [9.17, 15) is 22.8 Å². The van der Waals surface area contributed by atoms with E-state index in [2.05, 4.69) is 15.0 Å². The monoisotopic (exact) mass is 587 g/mol. The number of carbonyl (C=O) groups is 2. The van der Waals surface area contributed by atoms with Gasteiger partial charge in [-0.2, -0.15) is 0 Å². The molecule has 0 bridgehead atoms. The molecule has 1 N–H and O–H groups in total. The molecular formula is C28H24F3N3O6S. The molecule has 0 saturated heterocycles. The van der Waals surface area contributed by atoms with Gasteiger partial charge in [0.05, 0.1) is 38.5 Å². The first-order valence-corrected chi connectivity index (χ1v) is 12.9. The van der Waals surface area contributed by atoms with Gasteiger partial charge in [-0.15, -0.1) is 13.2 Å². The molecule has 13 heteroatoms. The molecule has 0 aliphatic carbocycles. The largest absolute Gasteiger partial charge is 0.573 e. The minimum Gasteiger partial charge on any atom is -0.497 e. The fourth-order valence-electron chi connectivity index (χ4n) is 3.84. The van der Waals surface area contributed by atoms with Crippen LogP contribution in [0.5, 0.6) is 23.0 Å². The van der Waals surface area contributed by atoms with E-state index in [0.29, 0.717) is 28.5 Å². The van der Waals surface area contributed by atoms with E-state index in [0.717, 1.165) is 17.8 Å². The van der Waals surface area contributed by atoms with E-state index in [4.69, 9.17) is 14.2 Å². The number of nitrogens with zero attached hydrogens (tertiary/aromatic N) is 2. The third kappa shape index (κ3) is 7.11. The summed E-state index contributed by atoms with van der Waals surface area (Å²) in [4.78, 5) is 32.1. The molecule has 0 spiro atoms. The second-order valence-electron chi connectivity index (χ2n) is 8.23. The van der Waals surface area contributed by atoms with Crippen molar-refractivity contribution >= 4 is 46.2 Å². The van der Waals surface area contributed by atoms with Crippen LogP contribution in [0.3, 0.4) is 0 Å². The van der Waals surface area contributed by atoms with Gasteiger partial charge >= 0.3 is 6.36 Å². The van der Waals surface area contributed by atoms with Gasteiger partial charge in [-0.05, 0) is 36.4 Å². The van der Waals surface area contributed by atoms with Gasteiger partial charge in [-0.1, -0.05) is 42.1 Å². The Balaban J connectivity index is 1.62. The zero-order valence-corrected chi connectivity index (χ0v) is 22.8. The fraction of sp³-hybridized carbons (Fsp3) is 0.179. The van der Waals surface area contributed by atoms with Crippen molar-refractivity contribution in [2.45, 2.75) is 6.36 Å². The van der Waals surface area contributed by atoms with E-state index in [1.807, 2.05) is 0 Å². The SMILES string of the molecule is COc1cc(C=C2N=C(SCC(=O)Nc3ccccc3OC(F)(F)F)N(c3ccccc3)C2=O)c(OC)c(OC)c1. The average Bonchev–Trinajstić information content (AvgIpc) is 3.26. The second-order valence-corrected chi connectivity index (χ2v) is 9.18. The number of halogens is 3. The van der Waals surface area contributed by atoms with Crippen molar-refractivity contribution in [3.8, 4) is 23.0 Å². The lowest BCUT2D eigenvalue weighted by Crippen LogP contribution is -2.31. The summed E-state index contributed by atoms with van der Waals surface area (Å²) in [5, 5.41) is 2.60. The van der Waals surface area contributed by atoms with Crippen LogP contribution in [0.15, 0.2) is 77.4 Å². The molecule has 41 heavy (non-hydrogen) atoms. The lowest BCUT2D eigenvalue weighted by molar-refractivity contribution is -0.274. The van der Waals surface area contributed by atoms with Crippen molar-refractivity contribution < 1.29 is 41.7 Å². The van der Waals surface area contributed by atoms with Gasteiger partial charge in [0.2, 0.25) is 5.91 Å². The number of ether oxygens (including phenoxy) is 4. The average molecular weight is 588 g/mol. The summed E-state index contributed by atoms with van der Waals surface area (Å²) in [7, 11) is 4.42. The van der Waals surface area contributed by atoms with Crippen LogP contribution in [0.4, 0.5) is 24.5 Å². The molecule has 3 aromatic carbocycles. The number of anilines is 2. The molecule has 0 atom stereocenters. The van der Waals surface area contributed by atoms with Crippen LogP contribution in [-0.4, -0.2) is 50.4 Å². The van der Waals surface area contributed by atoms with Gasteiger partial charge in [0.15, 0.2) is 22.4 Å². The zero-order valence-electron chi connectivity index (χ0n) is 22.0. The van der Waals surface area contributed by atoms with Crippen LogP contribution in [0, 0.1) is 0 Å². The summed E-state index contributed by atoms with van der Waals surface area (Å²) in [6.07, 6.45) is -3.41. The van der Waals surface area contributed by atoms with E-state index < -0.39 is 23.9 Å². The molecule has 1 aliphatic rings. The van der Waals surface area contributed by atoms with Crippen molar-refractivity contribution in [1.29, 1.82) is 0 Å². The summed E-state index contributed by atoms with van der Waals surface area (Å²) in [5.41, 5.74) is 0.870. The third-order valence-corrected chi connectivity index (χ3v) is 6.51. The van der Waals surface area contributed by atoms with Crippen LogP contribution >= 0.6 is 11.8 Å². The molecule has 0 unspecified atom stereocenters. The van der Waals surface area contributed by atoms with Crippen molar-refractivity contribution in [3.05, 3.63) is 78.0 Å². The predicted molar refractivity (Wildman–Crippen MR) is 150 cm³/mol. The Morgan fingerprint density at radius 3 is 2.34 bits per heavy atom. The Morgan fingerprint density at radius 2 is 1.68 bits per heavy atom. The van der Waals surface area contributed by atoms with Gasteiger partial charge in [-0.3, -0.25) is 14.5 Å². The molecule has 1 aliphatic heterocycles. The number of amidine groups is 1. The molecular weight excluding hydrogens is 563 g/mol. The molecule has 0 fully saturated rings. The molecule has 4 rings (SSSR count). The first kappa shape index (κ1) is 29.3. The number of para-hydroxylation sites is 3. The number of benzene rings is 3. The number of alkyl halides is 3. The normalized spacial score (nSPS) is 14.1. The molecule has 2 amide bonds. The van der Waals surface area contributed by atoms with Crippen molar-refractivity contribution in [1.82, 2.24) is 0 Å². The highest BCUT2D eigenvalue weighted by molar-refractivity contribution is 8.14. The molecule has 0 radical (unpaired) electrons. The van der Waals surface area contributed by atoms with Crippen LogP contribution in [0.2, 0.25) is 0 Å². The van der Waals surface area contributed by atoms with Crippen molar-refractivity contribution in [2.24, 2.45) is 4.99 Å². The Morgan fingerprint density at radius 1 is 0.976 bits per heavy atom. The lowest BCUT2D eigenvalue weighted by atomic mass is 10.1. The Kier molecular flexibility index (Phi) is 9.07. The molecule has 0 saturated carbocycles. The van der Waals surface area contributed by atoms with Gasteiger partial charge in [-0.25, -0.2) is 4.99 Å². The van der Waals surface area contributed by atoms with Crippen molar-refractivity contribution in [2.75, 3.05) is 37.3 Å². The van der Waals surface area contributed by atoms with Gasteiger partial charge < -0.3 is 24.3 Å². The summed E-state index contributed by atoms with van der Waals surface area (Å²) >= 11 is 0.935. The maximum absolute atomic E-state index is 13.5. The number of hydrogen-bond donors (Lipinski definition) is 1. The number of amides is 2.